The van der Waals surface area contributed by atoms with Gasteiger partial charge >= 0.3 is 5.69 Å². The summed E-state index contributed by atoms with van der Waals surface area (Å²) in [5.74, 6) is 0. The number of nitrogens with zero attached hydrogens (tertiary/aromatic N) is 2. The molecule has 0 aromatic heterocycles. The molecule has 0 radical (unpaired) electrons. The summed E-state index contributed by atoms with van der Waals surface area (Å²) in [5.41, 5.74) is 4.45. The van der Waals surface area contributed by atoms with Crippen molar-refractivity contribution in [2.24, 2.45) is 0 Å². The van der Waals surface area contributed by atoms with Crippen LogP contribution in [-0.2, 0) is 0 Å². The third kappa shape index (κ3) is 3.53. The lowest BCUT2D eigenvalue weighted by molar-refractivity contribution is -0.393. The Kier molecular flexibility index (Phi) is 4.80. The summed E-state index contributed by atoms with van der Waals surface area (Å²) in [6, 6.07) is 3.29. The minimum absolute atomic E-state index is 0.0991. The van der Waals surface area contributed by atoms with Gasteiger partial charge in [-0.15, -0.1) is 0 Å². The van der Waals surface area contributed by atoms with E-state index in [1.54, 1.807) is 6.26 Å². The zero-order valence-corrected chi connectivity index (χ0v) is 10.7. The fourth-order valence-corrected chi connectivity index (χ4v) is 1.26. The maximum Gasteiger partial charge on any atom is 0.300 e. The average molecular weight is 288 g/mol. The van der Waals surface area contributed by atoms with Gasteiger partial charge in [0.25, 0.3) is 5.69 Å². The van der Waals surface area contributed by atoms with Crippen molar-refractivity contribution in [3.8, 4) is 0 Å². The maximum atomic E-state index is 10.8. The smallest absolute Gasteiger partial charge is 0.293 e. The molecule has 0 spiro atoms. The number of thiocarbonyl (C=S) groups is 1. The number of rotatable bonds is 4. The molecule has 0 fully saturated rings. The number of hydrazine groups is 1. The van der Waals surface area contributed by atoms with Crippen LogP contribution in [0.25, 0.3) is 0 Å². The number of anilines is 1. The van der Waals surface area contributed by atoms with Crippen LogP contribution in [0.15, 0.2) is 18.2 Å². The second kappa shape index (κ2) is 6.12. The lowest BCUT2D eigenvalue weighted by Gasteiger charge is -2.08. The Hall–Kier alpha value is -1.94. The summed E-state index contributed by atoms with van der Waals surface area (Å²) in [5, 5.41) is 21.3. The number of nitro groups is 2. The van der Waals surface area contributed by atoms with E-state index in [-0.39, 0.29) is 11.4 Å². The first kappa shape index (κ1) is 14.1. The minimum Gasteiger partial charge on any atom is -0.293 e. The van der Waals surface area contributed by atoms with E-state index in [1.165, 1.54) is 23.9 Å². The Morgan fingerprint density at radius 1 is 1.33 bits per heavy atom. The number of benzene rings is 1. The third-order valence-electron chi connectivity index (χ3n) is 1.87. The molecule has 0 heterocycles. The van der Waals surface area contributed by atoms with Crippen molar-refractivity contribution in [3.63, 3.8) is 0 Å². The molecule has 0 amide bonds. The molecule has 96 valence electrons. The van der Waals surface area contributed by atoms with Crippen LogP contribution in [0.4, 0.5) is 17.1 Å². The Labute approximate surface area is 111 Å². The van der Waals surface area contributed by atoms with E-state index in [1.807, 2.05) is 0 Å². The summed E-state index contributed by atoms with van der Waals surface area (Å²) in [4.78, 5) is 19.9. The summed E-state index contributed by atoms with van der Waals surface area (Å²) in [6.45, 7) is 0. The van der Waals surface area contributed by atoms with Crippen LogP contribution in [0.3, 0.4) is 0 Å². The number of nitrogens with one attached hydrogen (secondary N) is 2. The van der Waals surface area contributed by atoms with Crippen LogP contribution in [0.1, 0.15) is 0 Å². The molecule has 18 heavy (non-hydrogen) atoms. The summed E-state index contributed by atoms with van der Waals surface area (Å²) in [7, 11) is 0. The fraction of sp³-hybridized carbons (Fsp3) is 0.125. The number of thioether (sulfide) groups is 1. The molecule has 0 unspecified atom stereocenters. The molecule has 0 aliphatic heterocycles. The lowest BCUT2D eigenvalue weighted by Crippen LogP contribution is -2.25. The van der Waals surface area contributed by atoms with Crippen molar-refractivity contribution in [2.75, 3.05) is 11.7 Å². The Morgan fingerprint density at radius 2 is 2.00 bits per heavy atom. The van der Waals surface area contributed by atoms with Gasteiger partial charge in [-0.05, 0) is 12.3 Å². The molecule has 1 rings (SSSR count). The standard InChI is InChI=1S/C8H8N4O4S2/c1-18-8(17)10-9-6-3-2-5(11(13)14)4-7(6)12(15)16/h2-4,9H,1H3,(H,10,17). The van der Waals surface area contributed by atoms with E-state index in [9.17, 15) is 20.2 Å². The molecule has 0 saturated carbocycles. The average Bonchev–Trinajstić information content (AvgIpc) is 2.35. The molecule has 0 bridgehead atoms. The quantitative estimate of drug-likeness (QED) is 0.492. The first-order valence-electron chi connectivity index (χ1n) is 4.48. The Bertz CT molecular complexity index is 508. The molecule has 8 nitrogen and oxygen atoms in total. The van der Waals surface area contributed by atoms with Gasteiger partial charge in [0, 0.05) is 6.07 Å². The van der Waals surface area contributed by atoms with Crippen molar-refractivity contribution in [3.05, 3.63) is 38.4 Å². The van der Waals surface area contributed by atoms with E-state index < -0.39 is 15.5 Å². The molecule has 1 aromatic rings. The van der Waals surface area contributed by atoms with Crippen molar-refractivity contribution < 1.29 is 9.85 Å². The van der Waals surface area contributed by atoms with E-state index >= 15 is 0 Å². The van der Waals surface area contributed by atoms with Crippen LogP contribution < -0.4 is 10.9 Å². The fourth-order valence-electron chi connectivity index (χ4n) is 1.06. The summed E-state index contributed by atoms with van der Waals surface area (Å²) < 4.78 is 0.391. The molecular weight excluding hydrogens is 280 g/mol. The first-order chi connectivity index (χ1) is 8.45. The molecule has 1 aromatic carbocycles. The minimum atomic E-state index is -0.709. The van der Waals surface area contributed by atoms with E-state index in [0.717, 1.165) is 6.07 Å². The normalized spacial score (nSPS) is 9.61. The highest BCUT2D eigenvalue weighted by Gasteiger charge is 2.19. The molecule has 0 aliphatic carbocycles. The lowest BCUT2D eigenvalue weighted by atomic mass is 10.2. The molecule has 0 aliphatic rings. The highest BCUT2D eigenvalue weighted by molar-refractivity contribution is 8.22. The van der Waals surface area contributed by atoms with Crippen LogP contribution in [0.2, 0.25) is 0 Å². The second-order valence-corrected chi connectivity index (χ2v) is 4.44. The van der Waals surface area contributed by atoms with Gasteiger partial charge in [-0.1, -0.05) is 24.0 Å². The van der Waals surface area contributed by atoms with Gasteiger partial charge in [0.05, 0.1) is 15.9 Å². The third-order valence-corrected chi connectivity index (χ3v) is 2.95. The number of hydrogen-bond donors (Lipinski definition) is 2. The first-order valence-corrected chi connectivity index (χ1v) is 6.12. The van der Waals surface area contributed by atoms with E-state index in [4.69, 9.17) is 12.2 Å². The van der Waals surface area contributed by atoms with Crippen molar-refractivity contribution >= 4 is 45.4 Å². The van der Waals surface area contributed by atoms with Gasteiger partial charge < -0.3 is 0 Å². The Morgan fingerprint density at radius 3 is 2.50 bits per heavy atom. The Balaban J connectivity index is 3.00. The highest BCUT2D eigenvalue weighted by atomic mass is 32.2. The molecular formula is C8H8N4O4S2. The maximum absolute atomic E-state index is 10.8. The summed E-state index contributed by atoms with van der Waals surface area (Å²) in [6.07, 6.45) is 1.74. The molecule has 10 heteroatoms. The number of nitro benzene ring substituents is 2. The largest absolute Gasteiger partial charge is 0.300 e. The van der Waals surface area contributed by atoms with Gasteiger partial charge in [0.1, 0.15) is 5.69 Å². The van der Waals surface area contributed by atoms with Crippen LogP contribution >= 0.6 is 24.0 Å². The van der Waals surface area contributed by atoms with Gasteiger partial charge in [-0.25, -0.2) is 0 Å². The predicted molar refractivity (Wildman–Crippen MR) is 72.6 cm³/mol. The van der Waals surface area contributed by atoms with Crippen molar-refractivity contribution in [1.82, 2.24) is 5.43 Å². The topological polar surface area (TPSA) is 110 Å². The molecule has 2 N–H and O–H groups in total. The molecule has 0 saturated heterocycles. The SMILES string of the molecule is CSC(=S)NNc1ccc([N+](=O)[O-])cc1[N+](=O)[O-]. The van der Waals surface area contributed by atoms with E-state index in [2.05, 4.69) is 10.9 Å². The van der Waals surface area contributed by atoms with Gasteiger partial charge in [0.15, 0.2) is 4.32 Å². The van der Waals surface area contributed by atoms with E-state index in [0.29, 0.717) is 4.32 Å². The van der Waals surface area contributed by atoms with Crippen molar-refractivity contribution in [2.45, 2.75) is 0 Å². The van der Waals surface area contributed by atoms with Gasteiger partial charge in [-0.3, -0.25) is 31.1 Å². The monoisotopic (exact) mass is 288 g/mol. The number of hydrogen-bond acceptors (Lipinski definition) is 7. The van der Waals surface area contributed by atoms with Gasteiger partial charge in [-0.2, -0.15) is 0 Å². The van der Waals surface area contributed by atoms with Crippen molar-refractivity contribution in [1.29, 1.82) is 0 Å². The van der Waals surface area contributed by atoms with Gasteiger partial charge in [0.2, 0.25) is 0 Å². The second-order valence-electron chi connectivity index (χ2n) is 2.96. The number of non-ortho nitro benzene ring substituents is 1. The zero-order valence-electron chi connectivity index (χ0n) is 9.08. The van der Waals surface area contributed by atoms with Crippen LogP contribution in [0.5, 0.6) is 0 Å². The zero-order chi connectivity index (χ0) is 13.7. The molecule has 0 atom stereocenters. The highest BCUT2D eigenvalue weighted by Crippen LogP contribution is 2.28. The summed E-state index contributed by atoms with van der Waals surface area (Å²) >= 11 is 6.09. The predicted octanol–water partition coefficient (Wildman–Crippen LogP) is 2.07. The van der Waals surface area contributed by atoms with Crippen LogP contribution in [0, 0.1) is 20.2 Å². The van der Waals surface area contributed by atoms with Crippen LogP contribution in [-0.4, -0.2) is 20.4 Å².